The van der Waals surface area contributed by atoms with Gasteiger partial charge in [-0.15, -0.1) is 0 Å². The van der Waals surface area contributed by atoms with Gasteiger partial charge in [-0.05, 0) is 48.0 Å². The first-order chi connectivity index (χ1) is 31.9. The summed E-state index contributed by atoms with van der Waals surface area (Å²) in [5.74, 6) is -2.48. The molecule has 3 fully saturated rings. The lowest BCUT2D eigenvalue weighted by molar-refractivity contribution is -0.353. The number of aliphatic hydroxyl groups excluding tert-OH is 9. The summed E-state index contributed by atoms with van der Waals surface area (Å²) < 4.78 is 56.5. The first-order valence-electron chi connectivity index (χ1n) is 20.5. The quantitative estimate of drug-likeness (QED) is 0.0443. The summed E-state index contributed by atoms with van der Waals surface area (Å²) in [5.41, 5.74) is -0.259. The number of hydrogen-bond acceptors (Lipinski definition) is 24. The lowest BCUT2D eigenvalue weighted by atomic mass is 9.97. The van der Waals surface area contributed by atoms with Gasteiger partial charge in [-0.2, -0.15) is 0 Å². The number of benzene rings is 3. The third-order valence-corrected chi connectivity index (χ3v) is 11.2. The van der Waals surface area contributed by atoms with E-state index < -0.39 is 135 Å². The molecule has 67 heavy (non-hydrogen) atoms. The van der Waals surface area contributed by atoms with Gasteiger partial charge < -0.3 is 113 Å². The van der Waals surface area contributed by atoms with Crippen LogP contribution in [-0.4, -0.2) is 193 Å². The molecule has 7 rings (SSSR count). The van der Waals surface area contributed by atoms with Gasteiger partial charge in [0.1, 0.15) is 72.5 Å². The first kappa shape index (κ1) is 49.5. The van der Waals surface area contributed by atoms with Crippen molar-refractivity contribution < 1.29 is 113 Å². The van der Waals surface area contributed by atoms with Gasteiger partial charge >= 0.3 is 0 Å². The minimum Gasteiger partial charge on any atom is -0.507 e. The molecule has 1 aliphatic carbocycles. The fourth-order valence-corrected chi connectivity index (χ4v) is 7.42. The van der Waals surface area contributed by atoms with E-state index in [1.807, 2.05) is 0 Å². The molecule has 4 aliphatic heterocycles. The van der Waals surface area contributed by atoms with Crippen molar-refractivity contribution in [1.29, 1.82) is 0 Å². The monoisotopic (exact) mass is 950 g/mol. The molecule has 2 aromatic carbocycles. The van der Waals surface area contributed by atoms with Crippen molar-refractivity contribution in [3.8, 4) is 62.9 Å². The van der Waals surface area contributed by atoms with Gasteiger partial charge in [-0.1, -0.05) is 6.08 Å². The molecule has 24 heteroatoms. The molecular formula is C43H50O24. The molecule has 13 N–H and O–H groups in total. The van der Waals surface area contributed by atoms with E-state index in [0.29, 0.717) is 5.56 Å². The van der Waals surface area contributed by atoms with Gasteiger partial charge in [0, 0.05) is 17.7 Å². The van der Waals surface area contributed by atoms with Gasteiger partial charge in [-0.3, -0.25) is 4.79 Å². The van der Waals surface area contributed by atoms with Crippen LogP contribution in [0, 0.1) is 0 Å². The van der Waals surface area contributed by atoms with Crippen LogP contribution < -0.4 is 19.6 Å². The maximum atomic E-state index is 12.3. The van der Waals surface area contributed by atoms with Crippen LogP contribution in [0.2, 0.25) is 0 Å². The summed E-state index contributed by atoms with van der Waals surface area (Å²) >= 11 is 0. The van der Waals surface area contributed by atoms with Crippen molar-refractivity contribution in [1.82, 2.24) is 0 Å². The van der Waals surface area contributed by atoms with Crippen LogP contribution >= 0.6 is 0 Å². The van der Waals surface area contributed by atoms with E-state index in [1.54, 1.807) is 0 Å². The molecule has 3 saturated heterocycles. The van der Waals surface area contributed by atoms with Crippen molar-refractivity contribution in [2.75, 3.05) is 34.0 Å². The van der Waals surface area contributed by atoms with Crippen LogP contribution in [0.5, 0.6) is 40.2 Å². The molecular weight excluding hydrogens is 900 g/mol. The maximum Gasteiger partial charge on any atom is 0.229 e. The molecule has 1 unspecified atom stereocenters. The second-order valence-electron chi connectivity index (χ2n) is 15.7. The summed E-state index contributed by atoms with van der Waals surface area (Å²) in [6.07, 6.45) is -24.2. The van der Waals surface area contributed by atoms with Crippen molar-refractivity contribution in [3.63, 3.8) is 0 Å². The molecule has 0 spiro atoms. The van der Waals surface area contributed by atoms with Crippen LogP contribution in [-0.2, 0) is 28.4 Å². The fraction of sp³-hybridized carbons (Fsp3) is 0.465. The molecule has 0 saturated carbocycles. The Labute approximate surface area is 378 Å². The van der Waals surface area contributed by atoms with Crippen molar-refractivity contribution in [3.05, 3.63) is 70.4 Å². The normalized spacial score (nSPS) is 31.7. The number of methoxy groups -OCH3 is 2. The Bertz CT molecular complexity index is 2350. The zero-order chi connectivity index (χ0) is 48.4. The highest BCUT2D eigenvalue weighted by atomic mass is 16.8. The second kappa shape index (κ2) is 20.9. The minimum absolute atomic E-state index is 0.0322. The average molecular weight is 951 g/mol. The van der Waals surface area contributed by atoms with Crippen LogP contribution in [0.1, 0.15) is 5.56 Å². The molecule has 0 radical (unpaired) electrons. The fourth-order valence-electron chi connectivity index (χ4n) is 7.42. The molecule has 0 amide bonds. The average Bonchev–Trinajstić information content (AvgIpc) is 3.30. The van der Waals surface area contributed by atoms with E-state index >= 15 is 0 Å². The van der Waals surface area contributed by atoms with Gasteiger partial charge in [-0.25, -0.2) is 0 Å². The molecule has 0 aromatic heterocycles. The Hall–Kier alpha value is -5.39. The summed E-state index contributed by atoms with van der Waals surface area (Å²) in [6.45, 7) is -1.89. The van der Waals surface area contributed by atoms with Gasteiger partial charge in [0.2, 0.25) is 12.0 Å². The Kier molecular flexibility index (Phi) is 15.4. The SMILES string of the molecule is COc1cc(C=CC(O)OC[C@H]2O[C@@H](OC[C@H]3O[C@@H](Oc4cc5c(O)cc(=O)cc-5oc4-c4ccc(O)c(O)c4)[C@H](O[C@@H]4OC[C@@H](O)[C@H](O)[C@H]4O)[C@@H](O)[C@H]3O)[C@H](O)[C@@H](O)[C@@H]2O)cc(OC)c1O. The lowest BCUT2D eigenvalue weighted by Gasteiger charge is -2.45. The Balaban J connectivity index is 1.11. The summed E-state index contributed by atoms with van der Waals surface area (Å²) in [4.78, 5) is 12.3. The highest BCUT2D eigenvalue weighted by molar-refractivity contribution is 5.76. The van der Waals surface area contributed by atoms with E-state index in [0.717, 1.165) is 24.3 Å². The van der Waals surface area contributed by atoms with Crippen LogP contribution in [0.25, 0.3) is 28.7 Å². The van der Waals surface area contributed by atoms with E-state index in [1.165, 1.54) is 50.6 Å². The van der Waals surface area contributed by atoms with Crippen molar-refractivity contribution >= 4 is 6.08 Å². The van der Waals surface area contributed by atoms with Crippen molar-refractivity contribution in [2.45, 2.75) is 92.3 Å². The molecule has 366 valence electrons. The van der Waals surface area contributed by atoms with Crippen LogP contribution in [0.15, 0.2) is 63.8 Å². The van der Waals surface area contributed by atoms with E-state index in [4.69, 9.17) is 47.0 Å². The minimum atomic E-state index is -2.04. The first-order valence-corrected chi connectivity index (χ1v) is 20.5. The Morgan fingerprint density at radius 3 is 2.03 bits per heavy atom. The lowest BCUT2D eigenvalue weighted by Crippen LogP contribution is -2.64. The third kappa shape index (κ3) is 10.7. The molecule has 2 aromatic rings. The largest absolute Gasteiger partial charge is 0.507 e. The molecule has 24 nitrogen and oxygen atoms in total. The maximum absolute atomic E-state index is 12.3. The van der Waals surface area contributed by atoms with Gasteiger partial charge in [0.15, 0.2) is 64.9 Å². The van der Waals surface area contributed by atoms with Gasteiger partial charge in [0.05, 0.1) is 39.6 Å². The zero-order valence-electron chi connectivity index (χ0n) is 35.4. The Morgan fingerprint density at radius 1 is 0.687 bits per heavy atom. The predicted octanol–water partition coefficient (Wildman–Crippen LogP) is -2.23. The number of fused-ring (bicyclic) bond motifs is 1. The smallest absolute Gasteiger partial charge is 0.229 e. The van der Waals surface area contributed by atoms with Crippen molar-refractivity contribution in [2.24, 2.45) is 0 Å². The molecule has 4 heterocycles. The number of ether oxygens (including phenoxy) is 9. The predicted molar refractivity (Wildman–Crippen MR) is 221 cm³/mol. The number of aromatic hydroxyl groups is 4. The number of phenolic OH excluding ortho intramolecular Hbond substituents is 4. The third-order valence-electron chi connectivity index (χ3n) is 11.2. The number of hydrogen-bond donors (Lipinski definition) is 13. The van der Waals surface area contributed by atoms with Crippen LogP contribution in [0.4, 0.5) is 0 Å². The highest BCUT2D eigenvalue weighted by Crippen LogP contribution is 2.44. The number of aliphatic hydroxyl groups is 9. The standard InChI is InChI=1S/C43H50O24/c1-58-25-7-16(8-26(59-2)32(25)51)3-6-30(49)60-14-28-33(52)35(54)38(57)41(65-28)62-15-29-34(53)36(55)40(67-42-37(56)31(50)23(48)13-61-42)43(66-29)64-27-12-19-21(46)10-18(44)11-24(19)63-39(27)17-4-5-20(45)22(47)9-17/h3-12,23,28-31,33-38,40-43,45-57H,13-15H2,1-2H3/t23-,28-,29-,30?,31+,33-,34+,35+,36+,37-,38-,40-,41-,42+,43-/m1/s1. The molecule has 15 atom stereocenters. The van der Waals surface area contributed by atoms with Gasteiger partial charge in [0.25, 0.3) is 0 Å². The zero-order valence-corrected chi connectivity index (χ0v) is 35.4. The highest BCUT2D eigenvalue weighted by Gasteiger charge is 2.51. The molecule has 5 aliphatic rings. The van der Waals surface area contributed by atoms with E-state index in [9.17, 15) is 71.2 Å². The van der Waals surface area contributed by atoms with E-state index in [2.05, 4.69) is 0 Å². The summed E-state index contributed by atoms with van der Waals surface area (Å²) in [5, 5.41) is 138. The second-order valence-corrected chi connectivity index (χ2v) is 15.7. The summed E-state index contributed by atoms with van der Waals surface area (Å²) in [6, 6.07) is 9.49. The number of phenols is 4. The van der Waals surface area contributed by atoms with E-state index in [-0.39, 0.29) is 45.6 Å². The topological polar surface area (TPSA) is 376 Å². The Morgan fingerprint density at radius 2 is 1.34 bits per heavy atom. The van der Waals surface area contributed by atoms with Crippen LogP contribution in [0.3, 0.4) is 0 Å². The molecule has 0 bridgehead atoms. The summed E-state index contributed by atoms with van der Waals surface area (Å²) in [7, 11) is 2.66. The number of rotatable bonds is 15.